The zero-order chi connectivity index (χ0) is 24.1. The first-order chi connectivity index (χ1) is 17.0. The van der Waals surface area contributed by atoms with Gasteiger partial charge in [0, 0.05) is 37.7 Å². The van der Waals surface area contributed by atoms with Crippen LogP contribution in [0.15, 0.2) is 92.5 Å². The smallest absolute Gasteiger partial charge is 0.256 e. The Morgan fingerprint density at radius 1 is 0.943 bits per heavy atom. The molecule has 0 aliphatic carbocycles. The number of amides is 1. The van der Waals surface area contributed by atoms with Crippen molar-refractivity contribution in [2.75, 3.05) is 5.32 Å². The second-order valence-corrected chi connectivity index (χ2v) is 9.32. The molecule has 0 radical (unpaired) electrons. The van der Waals surface area contributed by atoms with E-state index in [2.05, 4.69) is 31.2 Å². The first-order valence-corrected chi connectivity index (χ1v) is 11.9. The lowest BCUT2D eigenvalue weighted by Gasteiger charge is -2.08. The van der Waals surface area contributed by atoms with Crippen LogP contribution in [-0.2, 0) is 0 Å². The second-order valence-electron chi connectivity index (χ2n) is 8.03. The van der Waals surface area contributed by atoms with Gasteiger partial charge >= 0.3 is 0 Å². The number of rotatable bonds is 3. The summed E-state index contributed by atoms with van der Waals surface area (Å²) >= 11 is 9.71. The summed E-state index contributed by atoms with van der Waals surface area (Å²) in [6.07, 6.45) is 0. The van der Waals surface area contributed by atoms with Crippen LogP contribution in [-0.4, -0.2) is 15.9 Å². The summed E-state index contributed by atoms with van der Waals surface area (Å²) in [6.45, 7) is 0. The molecule has 2 N–H and O–H groups in total. The van der Waals surface area contributed by atoms with E-state index in [9.17, 15) is 9.59 Å². The quantitative estimate of drug-likeness (QED) is 0.247. The van der Waals surface area contributed by atoms with E-state index in [-0.39, 0.29) is 11.1 Å². The Bertz CT molecular complexity index is 1860. The van der Waals surface area contributed by atoms with Crippen molar-refractivity contribution in [3.8, 4) is 11.5 Å². The predicted molar refractivity (Wildman–Crippen MR) is 142 cm³/mol. The van der Waals surface area contributed by atoms with Gasteiger partial charge in [0.2, 0.25) is 11.4 Å². The van der Waals surface area contributed by atoms with Gasteiger partial charge in [-0.05, 0) is 59.3 Å². The fourth-order valence-corrected chi connectivity index (χ4v) is 4.86. The van der Waals surface area contributed by atoms with Gasteiger partial charge in [0.25, 0.3) is 5.91 Å². The van der Waals surface area contributed by atoms with Gasteiger partial charge in [-0.15, -0.1) is 0 Å². The van der Waals surface area contributed by atoms with Gasteiger partial charge in [-0.2, -0.15) is 0 Å². The number of anilines is 1. The number of fused-ring (bicyclic) bond motifs is 3. The van der Waals surface area contributed by atoms with Crippen molar-refractivity contribution in [3.63, 3.8) is 0 Å². The van der Waals surface area contributed by atoms with E-state index in [0.717, 1.165) is 20.8 Å². The molecule has 35 heavy (non-hydrogen) atoms. The number of halogens is 2. The molecule has 0 aliphatic rings. The van der Waals surface area contributed by atoms with Crippen LogP contribution < -0.4 is 10.9 Å². The van der Waals surface area contributed by atoms with Crippen LogP contribution in [0.2, 0.25) is 5.02 Å². The molecule has 0 atom stereocenters. The summed E-state index contributed by atoms with van der Waals surface area (Å²) in [5, 5.41) is 5.95. The topological polar surface area (TPSA) is 88.0 Å². The summed E-state index contributed by atoms with van der Waals surface area (Å²) < 4.78 is 7.03. The van der Waals surface area contributed by atoms with Gasteiger partial charge in [-0.3, -0.25) is 9.59 Å². The van der Waals surface area contributed by atoms with Gasteiger partial charge in [-0.1, -0.05) is 51.8 Å². The van der Waals surface area contributed by atoms with Crippen LogP contribution in [0.1, 0.15) is 10.4 Å². The molecule has 0 spiro atoms. The zero-order valence-corrected chi connectivity index (χ0v) is 20.3. The molecule has 1 amide bonds. The molecule has 2 heterocycles. The zero-order valence-electron chi connectivity index (χ0n) is 17.9. The second kappa shape index (κ2) is 8.37. The number of pyridine rings is 1. The van der Waals surface area contributed by atoms with E-state index in [1.165, 1.54) is 6.07 Å². The van der Waals surface area contributed by atoms with E-state index < -0.39 is 5.91 Å². The van der Waals surface area contributed by atoms with Gasteiger partial charge in [-0.25, -0.2) is 4.98 Å². The first-order valence-electron chi connectivity index (χ1n) is 10.7. The molecule has 0 aliphatic heterocycles. The van der Waals surface area contributed by atoms with Crippen LogP contribution in [0.25, 0.3) is 44.2 Å². The third kappa shape index (κ3) is 3.88. The molecule has 0 saturated carbocycles. The van der Waals surface area contributed by atoms with E-state index in [0.29, 0.717) is 38.6 Å². The number of aromatic amines is 1. The number of carbonyl (C=O) groups is 1. The maximum atomic E-state index is 13.1. The van der Waals surface area contributed by atoms with Crippen molar-refractivity contribution in [2.45, 2.75) is 0 Å². The van der Waals surface area contributed by atoms with E-state index in [4.69, 9.17) is 16.0 Å². The molecular formula is C27H15BrClN3O3. The van der Waals surface area contributed by atoms with Crippen LogP contribution in [0.5, 0.6) is 0 Å². The number of H-pyrrole nitrogens is 1. The van der Waals surface area contributed by atoms with Crippen molar-refractivity contribution in [1.82, 2.24) is 9.97 Å². The van der Waals surface area contributed by atoms with Crippen molar-refractivity contribution < 1.29 is 9.21 Å². The SMILES string of the molecule is O=C(Nc1ccc2oc(-c3cccc4c(Br)cccc34)nc2c1)c1cc(=O)[nH]c2ccc(Cl)cc12. The molecule has 4 aromatic carbocycles. The summed E-state index contributed by atoms with van der Waals surface area (Å²) in [7, 11) is 0. The number of benzene rings is 4. The molecule has 8 heteroatoms. The van der Waals surface area contributed by atoms with Gasteiger partial charge in [0.05, 0.1) is 5.56 Å². The van der Waals surface area contributed by atoms with Crippen LogP contribution >= 0.6 is 27.5 Å². The third-order valence-corrected chi connectivity index (χ3v) is 6.72. The number of aromatic nitrogens is 2. The minimum Gasteiger partial charge on any atom is -0.436 e. The Morgan fingerprint density at radius 2 is 1.77 bits per heavy atom. The Labute approximate surface area is 211 Å². The molecule has 0 saturated heterocycles. The Kier molecular flexibility index (Phi) is 5.16. The molecule has 2 aromatic heterocycles. The van der Waals surface area contributed by atoms with Crippen molar-refractivity contribution in [1.29, 1.82) is 0 Å². The number of nitrogens with zero attached hydrogens (tertiary/aromatic N) is 1. The van der Waals surface area contributed by atoms with Crippen LogP contribution in [0, 0.1) is 0 Å². The average molecular weight is 545 g/mol. The largest absolute Gasteiger partial charge is 0.436 e. The summed E-state index contributed by atoms with van der Waals surface area (Å²) in [4.78, 5) is 32.5. The molecule has 6 rings (SSSR count). The Hall–Kier alpha value is -3.94. The van der Waals surface area contributed by atoms with Crippen molar-refractivity contribution in [3.05, 3.63) is 104 Å². The highest BCUT2D eigenvalue weighted by molar-refractivity contribution is 9.10. The minimum absolute atomic E-state index is 0.230. The number of hydrogen-bond donors (Lipinski definition) is 2. The lowest BCUT2D eigenvalue weighted by Crippen LogP contribution is -2.16. The highest BCUT2D eigenvalue weighted by Crippen LogP contribution is 2.34. The third-order valence-electron chi connectivity index (χ3n) is 5.79. The molecule has 0 unspecified atom stereocenters. The van der Waals surface area contributed by atoms with Crippen molar-refractivity contribution in [2.24, 2.45) is 0 Å². The highest BCUT2D eigenvalue weighted by Gasteiger charge is 2.16. The molecule has 6 aromatic rings. The minimum atomic E-state index is -0.426. The summed E-state index contributed by atoms with van der Waals surface area (Å²) in [6, 6.07) is 23.4. The highest BCUT2D eigenvalue weighted by atomic mass is 79.9. The van der Waals surface area contributed by atoms with E-state index >= 15 is 0 Å². The molecule has 170 valence electrons. The normalized spacial score (nSPS) is 11.4. The van der Waals surface area contributed by atoms with Gasteiger partial charge < -0.3 is 14.7 Å². The molecule has 0 bridgehead atoms. The van der Waals surface area contributed by atoms with Gasteiger partial charge in [0.1, 0.15) is 5.52 Å². The van der Waals surface area contributed by atoms with Crippen LogP contribution in [0.4, 0.5) is 5.69 Å². The molecule has 0 fully saturated rings. The number of hydrogen-bond acceptors (Lipinski definition) is 4. The number of nitrogens with one attached hydrogen (secondary N) is 2. The summed E-state index contributed by atoms with van der Waals surface area (Å²) in [5.41, 5.74) is 2.99. The molecule has 6 nitrogen and oxygen atoms in total. The maximum absolute atomic E-state index is 13.1. The number of carbonyl (C=O) groups excluding carboxylic acids is 1. The predicted octanol–water partition coefficient (Wildman–Crippen LogP) is 7.16. The fourth-order valence-electron chi connectivity index (χ4n) is 4.19. The summed E-state index contributed by atoms with van der Waals surface area (Å²) in [5.74, 6) is 0.0627. The maximum Gasteiger partial charge on any atom is 0.256 e. The standard InChI is InChI=1S/C27H15BrClN3O3/c28-21-6-2-3-16-17(21)4-1-5-18(16)27-32-23-12-15(8-10-24(23)35-27)30-26(34)20-13-25(33)31-22-9-7-14(29)11-19(20)22/h1-13H,(H,30,34)(H,31,33). The average Bonchev–Trinajstić information content (AvgIpc) is 3.27. The fraction of sp³-hybridized carbons (Fsp3) is 0. The Morgan fingerprint density at radius 3 is 2.66 bits per heavy atom. The van der Waals surface area contributed by atoms with E-state index in [1.807, 2.05) is 36.4 Å². The van der Waals surface area contributed by atoms with E-state index in [1.54, 1.807) is 36.4 Å². The lowest BCUT2D eigenvalue weighted by molar-refractivity contribution is 0.102. The van der Waals surface area contributed by atoms with Crippen molar-refractivity contribution >= 4 is 71.9 Å². The number of oxazole rings is 1. The monoisotopic (exact) mass is 543 g/mol. The lowest BCUT2D eigenvalue weighted by atomic mass is 10.0. The first kappa shape index (κ1) is 21.6. The van der Waals surface area contributed by atoms with Gasteiger partial charge in [0.15, 0.2) is 5.58 Å². The van der Waals surface area contributed by atoms with Crippen LogP contribution in [0.3, 0.4) is 0 Å². The molecular weight excluding hydrogens is 530 g/mol. The Balaban J connectivity index is 1.37.